The summed E-state index contributed by atoms with van der Waals surface area (Å²) in [7, 11) is 0. The Hall–Kier alpha value is -1.01. The Bertz CT molecular complexity index is 553. The SMILES string of the molecule is CCCCC1CCC(c2nnc3sc(CN)nn23)CC1. The van der Waals surface area contributed by atoms with Gasteiger partial charge in [-0.05, 0) is 31.6 Å². The van der Waals surface area contributed by atoms with Crippen molar-refractivity contribution in [2.75, 3.05) is 0 Å². The lowest BCUT2D eigenvalue weighted by atomic mass is 9.79. The summed E-state index contributed by atoms with van der Waals surface area (Å²) in [5, 5.41) is 14.1. The molecule has 2 aromatic heterocycles. The van der Waals surface area contributed by atoms with E-state index in [-0.39, 0.29) is 0 Å². The molecule has 2 heterocycles. The summed E-state index contributed by atoms with van der Waals surface area (Å²) in [5.41, 5.74) is 5.65. The average Bonchev–Trinajstić information content (AvgIpc) is 3.05. The minimum Gasteiger partial charge on any atom is -0.324 e. The van der Waals surface area contributed by atoms with E-state index in [9.17, 15) is 0 Å². The second-order valence-corrected chi connectivity index (χ2v) is 6.85. The molecular weight excluding hydrogens is 270 g/mol. The number of hydrogen-bond acceptors (Lipinski definition) is 5. The average molecular weight is 293 g/mol. The summed E-state index contributed by atoms with van der Waals surface area (Å²) in [5.74, 6) is 2.49. The summed E-state index contributed by atoms with van der Waals surface area (Å²) in [6.45, 7) is 2.76. The number of rotatable bonds is 5. The van der Waals surface area contributed by atoms with Crippen molar-refractivity contribution in [3.8, 4) is 0 Å². The molecule has 3 rings (SSSR count). The Morgan fingerprint density at radius 3 is 2.75 bits per heavy atom. The van der Waals surface area contributed by atoms with Crippen LogP contribution in [0, 0.1) is 5.92 Å². The second kappa shape index (κ2) is 6.18. The minimum absolute atomic E-state index is 0.483. The second-order valence-electron chi connectivity index (χ2n) is 5.81. The van der Waals surface area contributed by atoms with Gasteiger partial charge in [0.15, 0.2) is 5.82 Å². The maximum absolute atomic E-state index is 5.65. The fraction of sp³-hybridized carbons (Fsp3) is 0.786. The largest absolute Gasteiger partial charge is 0.324 e. The monoisotopic (exact) mass is 293 g/mol. The number of unbranched alkanes of at least 4 members (excludes halogenated alkanes) is 1. The molecule has 0 spiro atoms. The third kappa shape index (κ3) is 2.72. The molecule has 20 heavy (non-hydrogen) atoms. The van der Waals surface area contributed by atoms with Gasteiger partial charge in [0.25, 0.3) is 0 Å². The molecule has 1 fully saturated rings. The van der Waals surface area contributed by atoms with Gasteiger partial charge in [0.1, 0.15) is 5.01 Å². The maximum atomic E-state index is 5.65. The van der Waals surface area contributed by atoms with Crippen molar-refractivity contribution in [1.82, 2.24) is 19.8 Å². The van der Waals surface area contributed by atoms with Gasteiger partial charge in [-0.3, -0.25) is 0 Å². The molecule has 1 aliphatic carbocycles. The lowest BCUT2D eigenvalue weighted by molar-refractivity contribution is 0.296. The summed E-state index contributed by atoms with van der Waals surface area (Å²) in [6.07, 6.45) is 9.19. The molecule has 6 heteroatoms. The van der Waals surface area contributed by atoms with Crippen LogP contribution in [0.3, 0.4) is 0 Å². The first-order chi connectivity index (χ1) is 9.81. The first kappa shape index (κ1) is 13.9. The molecule has 0 atom stereocenters. The van der Waals surface area contributed by atoms with Gasteiger partial charge < -0.3 is 5.73 Å². The number of aromatic nitrogens is 4. The van der Waals surface area contributed by atoms with Gasteiger partial charge in [-0.2, -0.15) is 9.61 Å². The quantitative estimate of drug-likeness (QED) is 0.919. The van der Waals surface area contributed by atoms with E-state index in [0.717, 1.165) is 21.7 Å². The standard InChI is InChI=1S/C14H23N5S/c1-2-3-4-10-5-7-11(8-6-10)13-16-17-14-19(13)18-12(9-15)20-14/h10-11H,2-9,15H2,1H3. The Morgan fingerprint density at radius 2 is 2.05 bits per heavy atom. The molecule has 0 bridgehead atoms. The van der Waals surface area contributed by atoms with Crippen molar-refractivity contribution in [3.05, 3.63) is 10.8 Å². The number of hydrogen-bond donors (Lipinski definition) is 1. The first-order valence-electron chi connectivity index (χ1n) is 7.73. The van der Waals surface area contributed by atoms with E-state index in [0.29, 0.717) is 12.5 Å². The van der Waals surface area contributed by atoms with Crippen LogP contribution in [-0.2, 0) is 6.54 Å². The molecular formula is C14H23N5S. The van der Waals surface area contributed by atoms with Crippen LogP contribution in [0.1, 0.15) is 68.6 Å². The van der Waals surface area contributed by atoms with E-state index in [1.54, 1.807) is 11.3 Å². The Morgan fingerprint density at radius 1 is 1.25 bits per heavy atom. The first-order valence-corrected chi connectivity index (χ1v) is 8.54. The highest BCUT2D eigenvalue weighted by molar-refractivity contribution is 7.16. The summed E-state index contributed by atoms with van der Waals surface area (Å²) < 4.78 is 1.92. The van der Waals surface area contributed by atoms with Gasteiger partial charge in [0.2, 0.25) is 4.96 Å². The fourth-order valence-corrected chi connectivity index (χ4v) is 3.93. The Kier molecular flexibility index (Phi) is 4.31. The number of fused-ring (bicyclic) bond motifs is 1. The van der Waals surface area contributed by atoms with Crippen LogP contribution in [-0.4, -0.2) is 19.8 Å². The fourth-order valence-electron chi connectivity index (χ4n) is 3.21. The normalized spacial score (nSPS) is 23.5. The van der Waals surface area contributed by atoms with Crippen LogP contribution >= 0.6 is 11.3 Å². The summed E-state index contributed by atoms with van der Waals surface area (Å²) in [6, 6.07) is 0. The van der Waals surface area contributed by atoms with Crippen LogP contribution in [0.4, 0.5) is 0 Å². The van der Waals surface area contributed by atoms with E-state index in [4.69, 9.17) is 5.73 Å². The van der Waals surface area contributed by atoms with E-state index >= 15 is 0 Å². The third-order valence-electron chi connectivity index (χ3n) is 4.41. The highest BCUT2D eigenvalue weighted by atomic mass is 32.1. The molecule has 0 amide bonds. The molecule has 2 aromatic rings. The van der Waals surface area contributed by atoms with Crippen molar-refractivity contribution < 1.29 is 0 Å². The smallest absolute Gasteiger partial charge is 0.234 e. The predicted molar refractivity (Wildman–Crippen MR) is 80.8 cm³/mol. The van der Waals surface area contributed by atoms with Gasteiger partial charge in [-0.25, -0.2) is 0 Å². The van der Waals surface area contributed by atoms with Crippen molar-refractivity contribution >= 4 is 16.3 Å². The molecule has 0 radical (unpaired) electrons. The van der Waals surface area contributed by atoms with Crippen LogP contribution in [0.25, 0.3) is 4.96 Å². The van der Waals surface area contributed by atoms with Crippen LogP contribution in [0.2, 0.25) is 0 Å². The van der Waals surface area contributed by atoms with Crippen molar-refractivity contribution in [1.29, 1.82) is 0 Å². The molecule has 0 unspecified atom stereocenters. The molecule has 2 N–H and O–H groups in total. The third-order valence-corrected chi connectivity index (χ3v) is 5.33. The highest BCUT2D eigenvalue weighted by Crippen LogP contribution is 2.37. The summed E-state index contributed by atoms with van der Waals surface area (Å²) in [4.78, 5) is 0.883. The number of nitrogens with two attached hydrogens (primary N) is 1. The van der Waals surface area contributed by atoms with Crippen molar-refractivity contribution in [2.45, 2.75) is 64.3 Å². The van der Waals surface area contributed by atoms with Gasteiger partial charge in [0, 0.05) is 12.5 Å². The topological polar surface area (TPSA) is 69.1 Å². The zero-order chi connectivity index (χ0) is 13.9. The van der Waals surface area contributed by atoms with E-state index in [1.165, 1.54) is 44.9 Å². The van der Waals surface area contributed by atoms with Gasteiger partial charge in [-0.1, -0.05) is 37.5 Å². The van der Waals surface area contributed by atoms with Gasteiger partial charge >= 0.3 is 0 Å². The predicted octanol–water partition coefficient (Wildman–Crippen LogP) is 3.11. The summed E-state index contributed by atoms with van der Waals surface area (Å²) >= 11 is 1.55. The molecule has 1 saturated carbocycles. The van der Waals surface area contributed by atoms with E-state index in [1.807, 2.05) is 4.52 Å². The minimum atomic E-state index is 0.483. The zero-order valence-electron chi connectivity index (χ0n) is 12.1. The van der Waals surface area contributed by atoms with Crippen LogP contribution in [0.15, 0.2) is 0 Å². The van der Waals surface area contributed by atoms with E-state index in [2.05, 4.69) is 22.2 Å². The zero-order valence-corrected chi connectivity index (χ0v) is 12.9. The molecule has 0 aliphatic heterocycles. The molecule has 0 saturated heterocycles. The Balaban J connectivity index is 1.68. The molecule has 5 nitrogen and oxygen atoms in total. The lowest BCUT2D eigenvalue weighted by Crippen LogP contribution is -2.16. The van der Waals surface area contributed by atoms with Crippen molar-refractivity contribution in [3.63, 3.8) is 0 Å². The molecule has 0 aromatic carbocycles. The van der Waals surface area contributed by atoms with Gasteiger partial charge in [0.05, 0.1) is 0 Å². The van der Waals surface area contributed by atoms with Crippen LogP contribution < -0.4 is 5.73 Å². The number of nitrogens with zero attached hydrogens (tertiary/aromatic N) is 4. The van der Waals surface area contributed by atoms with E-state index < -0.39 is 0 Å². The van der Waals surface area contributed by atoms with Crippen molar-refractivity contribution in [2.24, 2.45) is 11.7 Å². The van der Waals surface area contributed by atoms with Crippen LogP contribution in [0.5, 0.6) is 0 Å². The highest BCUT2D eigenvalue weighted by Gasteiger charge is 2.26. The Labute approximate surface area is 123 Å². The van der Waals surface area contributed by atoms with Gasteiger partial charge in [-0.15, -0.1) is 10.2 Å². The molecule has 110 valence electrons. The molecule has 1 aliphatic rings. The maximum Gasteiger partial charge on any atom is 0.234 e. The lowest BCUT2D eigenvalue weighted by Gasteiger charge is -2.27.